The number of hydrogen-bond acceptors (Lipinski definition) is 4. The third kappa shape index (κ3) is 3.61. The van der Waals surface area contributed by atoms with Crippen LogP contribution in [0.2, 0.25) is 0 Å². The molecule has 0 aliphatic carbocycles. The molecular weight excluding hydrogens is 326 g/mol. The van der Waals surface area contributed by atoms with Crippen molar-refractivity contribution in [3.05, 3.63) is 52.7 Å². The summed E-state index contributed by atoms with van der Waals surface area (Å²) in [6.07, 6.45) is 3.83. The highest BCUT2D eigenvalue weighted by Crippen LogP contribution is 2.28. The highest BCUT2D eigenvalue weighted by atomic mass is 16.4. The third-order valence-electron chi connectivity index (χ3n) is 5.17. The summed E-state index contributed by atoms with van der Waals surface area (Å²) in [7, 11) is 0. The summed E-state index contributed by atoms with van der Waals surface area (Å²) in [5.41, 5.74) is 3.37. The number of likely N-dealkylation sites (tertiary alicyclic amines) is 1. The van der Waals surface area contributed by atoms with Crippen molar-refractivity contribution in [2.75, 3.05) is 13.1 Å². The van der Waals surface area contributed by atoms with Crippen LogP contribution >= 0.6 is 0 Å². The van der Waals surface area contributed by atoms with E-state index >= 15 is 0 Å². The average molecular weight is 349 g/mol. The van der Waals surface area contributed by atoms with Crippen LogP contribution in [0.4, 0.5) is 0 Å². The number of nitriles is 1. The van der Waals surface area contributed by atoms with Crippen molar-refractivity contribution in [1.82, 2.24) is 9.88 Å². The van der Waals surface area contributed by atoms with Crippen molar-refractivity contribution in [2.45, 2.75) is 39.2 Å². The van der Waals surface area contributed by atoms with Crippen molar-refractivity contribution < 1.29 is 9.90 Å². The van der Waals surface area contributed by atoms with Gasteiger partial charge in [0.25, 0.3) is 0 Å². The van der Waals surface area contributed by atoms with E-state index in [1.165, 1.54) is 30.9 Å². The Morgan fingerprint density at radius 3 is 2.46 bits per heavy atom. The second kappa shape index (κ2) is 7.67. The summed E-state index contributed by atoms with van der Waals surface area (Å²) in [6, 6.07) is 11.9. The van der Waals surface area contributed by atoms with E-state index in [0.717, 1.165) is 18.7 Å². The zero-order chi connectivity index (χ0) is 18.7. The van der Waals surface area contributed by atoms with Gasteiger partial charge in [0.05, 0.1) is 22.5 Å². The summed E-state index contributed by atoms with van der Waals surface area (Å²) in [4.78, 5) is 18.1. The molecule has 0 saturated carbocycles. The predicted octanol–water partition coefficient (Wildman–Crippen LogP) is 4.17. The van der Waals surface area contributed by atoms with E-state index in [9.17, 15) is 15.2 Å². The van der Waals surface area contributed by atoms with Crippen LogP contribution in [-0.4, -0.2) is 34.0 Å². The Bertz CT molecular complexity index is 847. The number of carbonyl (C=O) groups is 1. The summed E-state index contributed by atoms with van der Waals surface area (Å²) < 4.78 is 0. The van der Waals surface area contributed by atoms with E-state index in [4.69, 9.17) is 0 Å². The topological polar surface area (TPSA) is 77.2 Å². The van der Waals surface area contributed by atoms with Gasteiger partial charge in [0.1, 0.15) is 6.07 Å². The summed E-state index contributed by atoms with van der Waals surface area (Å²) >= 11 is 0. The summed E-state index contributed by atoms with van der Waals surface area (Å²) in [6.45, 7) is 6.16. The van der Waals surface area contributed by atoms with Gasteiger partial charge in [0, 0.05) is 11.6 Å². The average Bonchev–Trinajstić information content (AvgIpc) is 2.67. The molecule has 0 bridgehead atoms. The van der Waals surface area contributed by atoms with Gasteiger partial charge < -0.3 is 5.11 Å². The number of aryl methyl sites for hydroxylation is 1. The monoisotopic (exact) mass is 349 g/mol. The first-order chi connectivity index (χ1) is 12.5. The van der Waals surface area contributed by atoms with Gasteiger partial charge in [-0.15, -0.1) is 0 Å². The molecule has 5 nitrogen and oxygen atoms in total. The maximum absolute atomic E-state index is 11.3. The lowest BCUT2D eigenvalue weighted by Gasteiger charge is -2.32. The molecule has 1 aliphatic rings. The van der Waals surface area contributed by atoms with E-state index in [1.807, 2.05) is 12.1 Å². The first kappa shape index (κ1) is 18.1. The van der Waals surface area contributed by atoms with Crippen LogP contribution in [0.1, 0.15) is 59.4 Å². The van der Waals surface area contributed by atoms with Crippen molar-refractivity contribution in [3.63, 3.8) is 0 Å². The fourth-order valence-electron chi connectivity index (χ4n) is 3.56. The highest BCUT2D eigenvalue weighted by Gasteiger charge is 2.19. The maximum atomic E-state index is 11.3. The molecule has 1 fully saturated rings. The highest BCUT2D eigenvalue weighted by molar-refractivity contribution is 5.90. The minimum Gasteiger partial charge on any atom is -0.478 e. The Hall–Kier alpha value is -2.71. The van der Waals surface area contributed by atoms with E-state index in [0.29, 0.717) is 17.4 Å². The van der Waals surface area contributed by atoms with Gasteiger partial charge in [-0.3, -0.25) is 9.88 Å². The van der Waals surface area contributed by atoms with Crippen LogP contribution in [-0.2, 0) is 0 Å². The third-order valence-corrected chi connectivity index (χ3v) is 5.17. The molecular formula is C21H23N3O2. The zero-order valence-electron chi connectivity index (χ0n) is 15.2. The Morgan fingerprint density at radius 2 is 1.88 bits per heavy atom. The molecule has 1 aromatic carbocycles. The molecule has 1 aromatic heterocycles. The summed E-state index contributed by atoms with van der Waals surface area (Å²) in [5, 5.41) is 18.6. The molecule has 2 heterocycles. The van der Waals surface area contributed by atoms with Crippen molar-refractivity contribution >= 4 is 5.97 Å². The first-order valence-corrected chi connectivity index (χ1v) is 9.00. The van der Waals surface area contributed by atoms with E-state index < -0.39 is 5.97 Å². The predicted molar refractivity (Wildman–Crippen MR) is 99.9 cm³/mol. The standard InChI is InChI=1S/C21H23N3O2/c1-14-19(21(25)26)12-18(13-22)20(23-14)17-8-6-16(7-9-17)15(2)24-10-4-3-5-11-24/h6-9,12,15H,3-5,10-11H2,1-2H3,(H,25,26)/t15-/m0/s1. The van der Waals surface area contributed by atoms with Gasteiger partial charge >= 0.3 is 5.97 Å². The quantitative estimate of drug-likeness (QED) is 0.896. The first-order valence-electron chi connectivity index (χ1n) is 9.00. The Balaban J connectivity index is 1.90. The number of benzene rings is 1. The number of carboxylic acid groups (broad SMARTS) is 1. The molecule has 1 atom stereocenters. The lowest BCUT2D eigenvalue weighted by Crippen LogP contribution is -2.32. The maximum Gasteiger partial charge on any atom is 0.337 e. The minimum atomic E-state index is -1.07. The second-order valence-corrected chi connectivity index (χ2v) is 6.83. The van der Waals surface area contributed by atoms with Crippen LogP contribution < -0.4 is 0 Å². The second-order valence-electron chi connectivity index (χ2n) is 6.83. The van der Waals surface area contributed by atoms with Crippen LogP contribution in [0.3, 0.4) is 0 Å². The van der Waals surface area contributed by atoms with E-state index in [2.05, 4.69) is 35.0 Å². The number of pyridine rings is 1. The van der Waals surface area contributed by atoms with Gasteiger partial charge in [-0.1, -0.05) is 30.7 Å². The Morgan fingerprint density at radius 1 is 1.23 bits per heavy atom. The smallest absolute Gasteiger partial charge is 0.337 e. The number of piperidine rings is 1. The Labute approximate surface area is 153 Å². The van der Waals surface area contributed by atoms with Crippen molar-refractivity contribution in [1.29, 1.82) is 5.26 Å². The lowest BCUT2D eigenvalue weighted by molar-refractivity contribution is 0.0695. The SMILES string of the molecule is Cc1nc(-c2ccc([C@H](C)N3CCCCC3)cc2)c(C#N)cc1C(=O)O. The van der Waals surface area contributed by atoms with Gasteiger partial charge in [0.2, 0.25) is 0 Å². The van der Waals surface area contributed by atoms with Crippen LogP contribution in [0.15, 0.2) is 30.3 Å². The van der Waals surface area contributed by atoms with Crippen molar-refractivity contribution in [2.24, 2.45) is 0 Å². The molecule has 1 saturated heterocycles. The number of rotatable bonds is 4. The van der Waals surface area contributed by atoms with Crippen LogP contribution in [0.25, 0.3) is 11.3 Å². The molecule has 26 heavy (non-hydrogen) atoms. The molecule has 0 unspecified atom stereocenters. The van der Waals surface area contributed by atoms with Crippen LogP contribution in [0.5, 0.6) is 0 Å². The van der Waals surface area contributed by atoms with Gasteiger partial charge in [-0.25, -0.2) is 4.79 Å². The molecule has 2 aromatic rings. The van der Waals surface area contributed by atoms with Gasteiger partial charge in [0.15, 0.2) is 0 Å². The fourth-order valence-corrected chi connectivity index (χ4v) is 3.56. The lowest BCUT2D eigenvalue weighted by atomic mass is 9.98. The largest absolute Gasteiger partial charge is 0.478 e. The fraction of sp³-hybridized carbons (Fsp3) is 0.381. The minimum absolute atomic E-state index is 0.0700. The van der Waals surface area contributed by atoms with Gasteiger partial charge in [-0.2, -0.15) is 5.26 Å². The molecule has 0 amide bonds. The molecule has 1 aliphatic heterocycles. The Kier molecular flexibility index (Phi) is 5.34. The molecule has 1 N–H and O–H groups in total. The number of aromatic carboxylic acids is 1. The number of carboxylic acids is 1. The number of nitrogens with zero attached hydrogens (tertiary/aromatic N) is 3. The number of hydrogen-bond donors (Lipinski definition) is 1. The molecule has 0 spiro atoms. The molecule has 5 heteroatoms. The van der Waals surface area contributed by atoms with Crippen LogP contribution in [0, 0.1) is 18.3 Å². The number of aromatic nitrogens is 1. The molecule has 3 rings (SSSR count). The normalized spacial score (nSPS) is 16.0. The molecule has 134 valence electrons. The molecule has 0 radical (unpaired) electrons. The summed E-state index contributed by atoms with van der Waals surface area (Å²) in [5.74, 6) is -1.07. The van der Waals surface area contributed by atoms with E-state index in [1.54, 1.807) is 6.92 Å². The van der Waals surface area contributed by atoms with E-state index in [-0.39, 0.29) is 11.1 Å². The van der Waals surface area contributed by atoms with Gasteiger partial charge in [-0.05, 0) is 51.4 Å². The zero-order valence-corrected chi connectivity index (χ0v) is 15.2. The van der Waals surface area contributed by atoms with Crippen molar-refractivity contribution in [3.8, 4) is 17.3 Å².